The molecular formula is C21H28O5. The summed E-state index contributed by atoms with van der Waals surface area (Å²) in [6.45, 7) is 3.63. The van der Waals surface area contributed by atoms with Crippen molar-refractivity contribution in [3.8, 4) is 5.75 Å². The number of hydrogen-bond acceptors (Lipinski definition) is 5. The quantitative estimate of drug-likeness (QED) is 0.425. The standard InChI is InChI=1S/C21H28O5/c1-17(26-16-24-13-18-7-5-4-6-8-18)21(15-22-2)25-14-19-9-11-20(23-3)12-10-19/h4-12,17,21H,13-16H2,1-3H3/t17-,21-/m1/s1. The van der Waals surface area contributed by atoms with E-state index in [9.17, 15) is 0 Å². The predicted molar refractivity (Wildman–Crippen MR) is 100 cm³/mol. The molecule has 0 spiro atoms. The predicted octanol–water partition coefficient (Wildman–Crippen LogP) is 3.81. The Hall–Kier alpha value is -1.92. The van der Waals surface area contributed by atoms with E-state index in [0.717, 1.165) is 16.9 Å². The second-order valence-electron chi connectivity index (χ2n) is 5.98. The van der Waals surface area contributed by atoms with Crippen LogP contribution in [0.5, 0.6) is 5.75 Å². The average molecular weight is 360 g/mol. The van der Waals surface area contributed by atoms with Crippen LogP contribution in [0.3, 0.4) is 0 Å². The van der Waals surface area contributed by atoms with E-state index < -0.39 is 0 Å². The van der Waals surface area contributed by atoms with Gasteiger partial charge in [0.2, 0.25) is 0 Å². The van der Waals surface area contributed by atoms with Crippen molar-refractivity contribution >= 4 is 0 Å². The van der Waals surface area contributed by atoms with E-state index in [0.29, 0.717) is 19.8 Å². The summed E-state index contributed by atoms with van der Waals surface area (Å²) in [5.41, 5.74) is 2.19. The Morgan fingerprint density at radius 1 is 0.808 bits per heavy atom. The summed E-state index contributed by atoms with van der Waals surface area (Å²) in [5, 5.41) is 0. The van der Waals surface area contributed by atoms with Gasteiger partial charge in [-0.15, -0.1) is 0 Å². The molecule has 5 heteroatoms. The summed E-state index contributed by atoms with van der Waals surface area (Å²) < 4.78 is 27.7. The molecule has 0 aliphatic heterocycles. The molecule has 2 aromatic carbocycles. The van der Waals surface area contributed by atoms with Crippen molar-refractivity contribution < 1.29 is 23.7 Å². The maximum Gasteiger partial charge on any atom is 0.147 e. The highest BCUT2D eigenvalue weighted by molar-refractivity contribution is 5.26. The van der Waals surface area contributed by atoms with Gasteiger partial charge in [0.05, 0.1) is 33.0 Å². The van der Waals surface area contributed by atoms with Crippen LogP contribution >= 0.6 is 0 Å². The highest BCUT2D eigenvalue weighted by Gasteiger charge is 2.19. The molecule has 142 valence electrons. The Morgan fingerprint density at radius 3 is 2.15 bits per heavy atom. The lowest BCUT2D eigenvalue weighted by molar-refractivity contribution is -0.149. The van der Waals surface area contributed by atoms with Gasteiger partial charge in [0.1, 0.15) is 18.6 Å². The summed E-state index contributed by atoms with van der Waals surface area (Å²) in [7, 11) is 3.31. The molecule has 0 heterocycles. The highest BCUT2D eigenvalue weighted by atomic mass is 16.7. The molecule has 0 N–H and O–H groups in total. The lowest BCUT2D eigenvalue weighted by Crippen LogP contribution is -2.33. The largest absolute Gasteiger partial charge is 0.497 e. The highest BCUT2D eigenvalue weighted by Crippen LogP contribution is 2.14. The summed E-state index contributed by atoms with van der Waals surface area (Å²) in [5.74, 6) is 0.828. The third kappa shape index (κ3) is 7.14. The third-order valence-electron chi connectivity index (χ3n) is 4.00. The topological polar surface area (TPSA) is 46.2 Å². The molecule has 0 radical (unpaired) electrons. The van der Waals surface area contributed by atoms with Gasteiger partial charge in [-0.2, -0.15) is 0 Å². The number of methoxy groups -OCH3 is 2. The zero-order chi connectivity index (χ0) is 18.6. The lowest BCUT2D eigenvalue weighted by atomic mass is 10.2. The maximum absolute atomic E-state index is 5.97. The SMILES string of the molecule is COC[C@@H](OCc1ccc(OC)cc1)[C@@H](C)OCOCc1ccccc1. The molecule has 0 saturated heterocycles. The van der Waals surface area contributed by atoms with Gasteiger partial charge in [-0.05, 0) is 30.2 Å². The van der Waals surface area contributed by atoms with E-state index in [4.69, 9.17) is 23.7 Å². The van der Waals surface area contributed by atoms with Gasteiger partial charge in [-0.3, -0.25) is 0 Å². The number of benzene rings is 2. The Balaban J connectivity index is 1.73. The molecule has 5 nitrogen and oxygen atoms in total. The summed E-state index contributed by atoms with van der Waals surface area (Å²) >= 11 is 0. The molecule has 0 fully saturated rings. The van der Waals surface area contributed by atoms with Crippen LogP contribution in [-0.2, 0) is 32.2 Å². The maximum atomic E-state index is 5.97. The smallest absolute Gasteiger partial charge is 0.147 e. The molecule has 0 aliphatic carbocycles. The third-order valence-corrected chi connectivity index (χ3v) is 4.00. The molecule has 2 aromatic rings. The minimum Gasteiger partial charge on any atom is -0.497 e. The Kier molecular flexibility index (Phi) is 9.14. The second-order valence-corrected chi connectivity index (χ2v) is 5.98. The van der Waals surface area contributed by atoms with Gasteiger partial charge in [-0.1, -0.05) is 42.5 Å². The molecule has 0 saturated carbocycles. The fourth-order valence-electron chi connectivity index (χ4n) is 2.40. The van der Waals surface area contributed by atoms with Crippen LogP contribution in [0.15, 0.2) is 54.6 Å². The van der Waals surface area contributed by atoms with Crippen LogP contribution in [0.2, 0.25) is 0 Å². The van der Waals surface area contributed by atoms with Crippen molar-refractivity contribution in [3.63, 3.8) is 0 Å². The van der Waals surface area contributed by atoms with E-state index in [1.807, 2.05) is 61.5 Å². The van der Waals surface area contributed by atoms with Gasteiger partial charge in [0.25, 0.3) is 0 Å². The first-order valence-corrected chi connectivity index (χ1v) is 8.69. The van der Waals surface area contributed by atoms with Crippen LogP contribution in [0.4, 0.5) is 0 Å². The number of ether oxygens (including phenoxy) is 5. The van der Waals surface area contributed by atoms with Crippen LogP contribution in [0.25, 0.3) is 0 Å². The van der Waals surface area contributed by atoms with Crippen LogP contribution in [0.1, 0.15) is 18.1 Å². The van der Waals surface area contributed by atoms with Crippen molar-refractivity contribution in [2.75, 3.05) is 27.6 Å². The lowest BCUT2D eigenvalue weighted by Gasteiger charge is -2.24. The van der Waals surface area contributed by atoms with Crippen molar-refractivity contribution in [1.29, 1.82) is 0 Å². The van der Waals surface area contributed by atoms with Gasteiger partial charge in [0, 0.05) is 7.11 Å². The fourth-order valence-corrected chi connectivity index (χ4v) is 2.40. The first-order chi connectivity index (χ1) is 12.7. The normalized spacial score (nSPS) is 13.3. The molecule has 26 heavy (non-hydrogen) atoms. The summed E-state index contributed by atoms with van der Waals surface area (Å²) in [6, 6.07) is 17.8. The van der Waals surface area contributed by atoms with E-state index in [1.54, 1.807) is 14.2 Å². The molecule has 0 unspecified atom stereocenters. The van der Waals surface area contributed by atoms with Crippen LogP contribution in [-0.4, -0.2) is 39.8 Å². The van der Waals surface area contributed by atoms with E-state index in [1.165, 1.54) is 0 Å². The average Bonchev–Trinajstić information content (AvgIpc) is 2.69. The molecule has 0 bridgehead atoms. The monoisotopic (exact) mass is 360 g/mol. The van der Waals surface area contributed by atoms with Crippen LogP contribution in [0, 0.1) is 0 Å². The zero-order valence-electron chi connectivity index (χ0n) is 15.7. The number of rotatable bonds is 12. The van der Waals surface area contributed by atoms with Gasteiger partial charge < -0.3 is 23.7 Å². The molecule has 2 rings (SSSR count). The minimum absolute atomic E-state index is 0.149. The first kappa shape index (κ1) is 20.4. The van der Waals surface area contributed by atoms with E-state index in [2.05, 4.69) is 0 Å². The zero-order valence-corrected chi connectivity index (χ0v) is 15.7. The van der Waals surface area contributed by atoms with Crippen molar-refractivity contribution in [3.05, 3.63) is 65.7 Å². The van der Waals surface area contributed by atoms with Crippen molar-refractivity contribution in [2.24, 2.45) is 0 Å². The summed E-state index contributed by atoms with van der Waals surface area (Å²) in [4.78, 5) is 0. The molecule has 0 aliphatic rings. The molecule has 0 amide bonds. The molecule has 2 atom stereocenters. The van der Waals surface area contributed by atoms with E-state index >= 15 is 0 Å². The Morgan fingerprint density at radius 2 is 1.50 bits per heavy atom. The number of hydrogen-bond donors (Lipinski definition) is 0. The van der Waals surface area contributed by atoms with E-state index in [-0.39, 0.29) is 19.0 Å². The fraction of sp³-hybridized carbons (Fsp3) is 0.429. The van der Waals surface area contributed by atoms with Crippen molar-refractivity contribution in [1.82, 2.24) is 0 Å². The minimum atomic E-state index is -0.178. The molecule has 0 aromatic heterocycles. The first-order valence-electron chi connectivity index (χ1n) is 8.69. The second kappa shape index (κ2) is 11.6. The summed E-state index contributed by atoms with van der Waals surface area (Å²) in [6.07, 6.45) is -0.327. The van der Waals surface area contributed by atoms with Crippen molar-refractivity contribution in [2.45, 2.75) is 32.3 Å². The van der Waals surface area contributed by atoms with Gasteiger partial charge in [-0.25, -0.2) is 0 Å². The van der Waals surface area contributed by atoms with Gasteiger partial charge >= 0.3 is 0 Å². The van der Waals surface area contributed by atoms with Gasteiger partial charge in [0.15, 0.2) is 0 Å². The Bertz CT molecular complexity index is 600. The Labute approximate surface area is 155 Å². The molecular weight excluding hydrogens is 332 g/mol. The van der Waals surface area contributed by atoms with Crippen LogP contribution < -0.4 is 4.74 Å².